The van der Waals surface area contributed by atoms with Crippen LogP contribution in [0.2, 0.25) is 10.0 Å². The highest BCUT2D eigenvalue weighted by Crippen LogP contribution is 2.29. The molecule has 2 aromatic rings. The van der Waals surface area contributed by atoms with Gasteiger partial charge in [0, 0.05) is 11.4 Å². The molecule has 0 spiro atoms. The summed E-state index contributed by atoms with van der Waals surface area (Å²) in [7, 11) is 0. The topological polar surface area (TPSA) is 51.0 Å². The standard InChI is InChI=1S/C14H17Cl2N3O/c1-2-7-17-8-3-4-13-18-19-14(20-13)11-6-5-10(15)9-12(11)16/h5-6,9,17H,2-4,7-8H2,1H3. The number of benzene rings is 1. The van der Waals surface area contributed by atoms with Gasteiger partial charge in [-0.3, -0.25) is 0 Å². The molecule has 0 radical (unpaired) electrons. The van der Waals surface area contributed by atoms with Gasteiger partial charge in [0.25, 0.3) is 0 Å². The molecule has 0 saturated carbocycles. The summed E-state index contributed by atoms with van der Waals surface area (Å²) in [5.74, 6) is 1.06. The van der Waals surface area contributed by atoms with Gasteiger partial charge in [-0.25, -0.2) is 0 Å². The van der Waals surface area contributed by atoms with Crippen molar-refractivity contribution in [3.05, 3.63) is 34.1 Å². The fraction of sp³-hybridized carbons (Fsp3) is 0.429. The lowest BCUT2D eigenvalue weighted by Crippen LogP contribution is -2.16. The third kappa shape index (κ3) is 4.20. The van der Waals surface area contributed by atoms with E-state index in [1.807, 2.05) is 0 Å². The Hall–Kier alpha value is -1.10. The number of nitrogens with one attached hydrogen (secondary N) is 1. The van der Waals surface area contributed by atoms with Crippen LogP contribution in [0, 0.1) is 0 Å². The van der Waals surface area contributed by atoms with Crippen LogP contribution >= 0.6 is 23.2 Å². The van der Waals surface area contributed by atoms with Crippen LogP contribution in [0.4, 0.5) is 0 Å². The molecule has 0 bridgehead atoms. The average molecular weight is 314 g/mol. The second kappa shape index (κ2) is 7.62. The van der Waals surface area contributed by atoms with Crippen LogP contribution < -0.4 is 5.32 Å². The van der Waals surface area contributed by atoms with Gasteiger partial charge in [0.15, 0.2) is 0 Å². The van der Waals surface area contributed by atoms with E-state index in [4.69, 9.17) is 27.6 Å². The molecule has 1 heterocycles. The predicted octanol–water partition coefficient (Wildman–Crippen LogP) is 3.98. The van der Waals surface area contributed by atoms with E-state index >= 15 is 0 Å². The van der Waals surface area contributed by atoms with Crippen molar-refractivity contribution in [2.24, 2.45) is 0 Å². The third-order valence-corrected chi connectivity index (χ3v) is 3.35. The van der Waals surface area contributed by atoms with Crippen molar-refractivity contribution in [2.45, 2.75) is 26.2 Å². The minimum atomic E-state index is 0.434. The van der Waals surface area contributed by atoms with Crippen molar-refractivity contribution in [1.82, 2.24) is 15.5 Å². The van der Waals surface area contributed by atoms with E-state index in [9.17, 15) is 0 Å². The molecule has 1 N–H and O–H groups in total. The lowest BCUT2D eigenvalue weighted by Gasteiger charge is -2.00. The Morgan fingerprint density at radius 2 is 2.05 bits per heavy atom. The molecule has 0 aliphatic carbocycles. The first-order valence-electron chi connectivity index (χ1n) is 6.69. The molecule has 20 heavy (non-hydrogen) atoms. The van der Waals surface area contributed by atoms with Crippen molar-refractivity contribution >= 4 is 23.2 Å². The highest BCUT2D eigenvalue weighted by Gasteiger charge is 2.12. The van der Waals surface area contributed by atoms with Gasteiger partial charge >= 0.3 is 0 Å². The summed E-state index contributed by atoms with van der Waals surface area (Å²) in [6, 6.07) is 5.20. The van der Waals surface area contributed by atoms with Crippen LogP contribution in [0.15, 0.2) is 22.6 Å². The molecule has 108 valence electrons. The van der Waals surface area contributed by atoms with Crippen molar-refractivity contribution < 1.29 is 4.42 Å². The number of rotatable bonds is 7. The summed E-state index contributed by atoms with van der Waals surface area (Å²) in [5.41, 5.74) is 0.707. The Labute approximate surface area is 128 Å². The molecular weight excluding hydrogens is 297 g/mol. The highest BCUT2D eigenvalue weighted by molar-refractivity contribution is 6.36. The van der Waals surface area contributed by atoms with Gasteiger partial charge < -0.3 is 9.73 Å². The first kappa shape index (κ1) is 15.3. The summed E-state index contributed by atoms with van der Waals surface area (Å²) in [5, 5.41) is 12.5. The van der Waals surface area contributed by atoms with Gasteiger partial charge in [-0.2, -0.15) is 0 Å². The summed E-state index contributed by atoms with van der Waals surface area (Å²) in [6.45, 7) is 4.13. The average Bonchev–Trinajstić information content (AvgIpc) is 2.87. The third-order valence-electron chi connectivity index (χ3n) is 2.80. The zero-order chi connectivity index (χ0) is 14.4. The first-order valence-corrected chi connectivity index (χ1v) is 7.45. The number of aromatic nitrogens is 2. The molecule has 0 atom stereocenters. The maximum Gasteiger partial charge on any atom is 0.249 e. The molecular formula is C14H17Cl2N3O. The van der Waals surface area contributed by atoms with E-state index < -0.39 is 0 Å². The van der Waals surface area contributed by atoms with E-state index in [-0.39, 0.29) is 0 Å². The van der Waals surface area contributed by atoms with E-state index in [0.717, 1.165) is 32.4 Å². The summed E-state index contributed by atoms with van der Waals surface area (Å²) in [6.07, 6.45) is 2.87. The van der Waals surface area contributed by atoms with Crippen LogP contribution in [-0.2, 0) is 6.42 Å². The molecule has 0 saturated heterocycles. The SMILES string of the molecule is CCCNCCCc1nnc(-c2ccc(Cl)cc2Cl)o1. The van der Waals surface area contributed by atoms with Crippen LogP contribution in [0.5, 0.6) is 0 Å². The fourth-order valence-electron chi connectivity index (χ4n) is 1.79. The van der Waals surface area contributed by atoms with Crippen molar-refractivity contribution in [3.8, 4) is 11.5 Å². The number of aryl methyl sites for hydroxylation is 1. The van der Waals surface area contributed by atoms with E-state index in [1.54, 1.807) is 18.2 Å². The largest absolute Gasteiger partial charge is 0.421 e. The molecule has 1 aromatic heterocycles. The Morgan fingerprint density at radius 1 is 1.20 bits per heavy atom. The molecule has 0 amide bonds. The summed E-state index contributed by atoms with van der Waals surface area (Å²) < 4.78 is 5.62. The Morgan fingerprint density at radius 3 is 2.80 bits per heavy atom. The van der Waals surface area contributed by atoms with Crippen LogP contribution in [0.25, 0.3) is 11.5 Å². The van der Waals surface area contributed by atoms with Crippen LogP contribution in [0.1, 0.15) is 25.7 Å². The van der Waals surface area contributed by atoms with Gasteiger partial charge in [0.05, 0.1) is 10.6 Å². The minimum Gasteiger partial charge on any atom is -0.421 e. The second-order valence-electron chi connectivity index (χ2n) is 4.48. The van der Waals surface area contributed by atoms with Gasteiger partial charge in [-0.15, -0.1) is 10.2 Å². The Kier molecular flexibility index (Phi) is 5.83. The Bertz CT molecular complexity index is 557. The van der Waals surface area contributed by atoms with Gasteiger partial charge in [0.1, 0.15) is 0 Å². The summed E-state index contributed by atoms with van der Waals surface area (Å²) >= 11 is 12.0. The molecule has 4 nitrogen and oxygen atoms in total. The van der Waals surface area contributed by atoms with E-state index in [0.29, 0.717) is 27.4 Å². The minimum absolute atomic E-state index is 0.434. The highest BCUT2D eigenvalue weighted by atomic mass is 35.5. The smallest absolute Gasteiger partial charge is 0.249 e. The maximum absolute atomic E-state index is 6.11. The van der Waals surface area contributed by atoms with Crippen molar-refractivity contribution in [1.29, 1.82) is 0 Å². The number of nitrogens with zero attached hydrogens (tertiary/aromatic N) is 2. The number of hydrogen-bond acceptors (Lipinski definition) is 4. The molecule has 0 fully saturated rings. The first-order chi connectivity index (χ1) is 9.70. The van der Waals surface area contributed by atoms with E-state index in [2.05, 4.69) is 22.4 Å². The molecule has 6 heteroatoms. The lowest BCUT2D eigenvalue weighted by molar-refractivity contribution is 0.491. The lowest BCUT2D eigenvalue weighted by atomic mass is 10.2. The second-order valence-corrected chi connectivity index (χ2v) is 5.32. The molecule has 1 aromatic carbocycles. The molecule has 0 unspecified atom stereocenters. The zero-order valence-electron chi connectivity index (χ0n) is 11.3. The number of halogens is 2. The van der Waals surface area contributed by atoms with Gasteiger partial charge in [-0.05, 0) is 44.1 Å². The molecule has 2 rings (SSSR count). The number of hydrogen-bond donors (Lipinski definition) is 1. The summed E-state index contributed by atoms with van der Waals surface area (Å²) in [4.78, 5) is 0. The normalized spacial score (nSPS) is 10.9. The Balaban J connectivity index is 1.95. The zero-order valence-corrected chi connectivity index (χ0v) is 12.8. The van der Waals surface area contributed by atoms with Crippen molar-refractivity contribution in [2.75, 3.05) is 13.1 Å². The van der Waals surface area contributed by atoms with E-state index in [1.165, 1.54) is 0 Å². The van der Waals surface area contributed by atoms with Crippen LogP contribution in [0.3, 0.4) is 0 Å². The fourth-order valence-corrected chi connectivity index (χ4v) is 2.28. The molecule has 0 aliphatic rings. The van der Waals surface area contributed by atoms with Gasteiger partial charge in [0.2, 0.25) is 11.8 Å². The molecule has 0 aliphatic heterocycles. The monoisotopic (exact) mass is 313 g/mol. The quantitative estimate of drug-likeness (QED) is 0.786. The van der Waals surface area contributed by atoms with Gasteiger partial charge in [-0.1, -0.05) is 30.1 Å². The van der Waals surface area contributed by atoms with Crippen molar-refractivity contribution in [3.63, 3.8) is 0 Å². The maximum atomic E-state index is 6.11. The predicted molar refractivity (Wildman–Crippen MR) is 81.2 cm³/mol. The van der Waals surface area contributed by atoms with Crippen LogP contribution in [-0.4, -0.2) is 23.3 Å².